The maximum absolute atomic E-state index is 11.2. The molecule has 0 saturated carbocycles. The van der Waals surface area contributed by atoms with Crippen LogP contribution in [0.15, 0.2) is 0 Å². The monoisotopic (exact) mass is 244 g/mol. The van der Waals surface area contributed by atoms with Crippen molar-refractivity contribution < 1.29 is 13.2 Å². The van der Waals surface area contributed by atoms with E-state index >= 15 is 0 Å². The Morgan fingerprint density at radius 2 is 2.25 bits per heavy atom. The summed E-state index contributed by atoms with van der Waals surface area (Å²) >= 11 is 0. The van der Waals surface area contributed by atoms with Gasteiger partial charge in [0.2, 0.25) is 5.91 Å². The molecule has 1 amide bonds. The second-order valence-corrected chi connectivity index (χ2v) is 6.11. The highest BCUT2D eigenvalue weighted by molar-refractivity contribution is 7.91. The number of hydrogen-bond acceptors (Lipinski definition) is 4. The maximum atomic E-state index is 11.2. The van der Waals surface area contributed by atoms with Crippen LogP contribution >= 0.6 is 0 Å². The van der Waals surface area contributed by atoms with Gasteiger partial charge < -0.3 is 5.32 Å². The molecule has 1 atom stereocenters. The van der Waals surface area contributed by atoms with Crippen molar-refractivity contribution >= 4 is 15.7 Å². The van der Waals surface area contributed by atoms with Crippen LogP contribution in [-0.2, 0) is 14.6 Å². The van der Waals surface area contributed by atoms with Crippen molar-refractivity contribution in [3.05, 3.63) is 0 Å². The molecule has 0 radical (unpaired) electrons. The van der Waals surface area contributed by atoms with Gasteiger partial charge in [-0.3, -0.25) is 10.1 Å². The van der Waals surface area contributed by atoms with Gasteiger partial charge in [-0.05, 0) is 12.3 Å². The number of amides is 1. The topological polar surface area (TPSA) is 75.3 Å². The molecule has 0 aliphatic carbocycles. The fourth-order valence-corrected chi connectivity index (χ4v) is 3.46. The molecule has 1 unspecified atom stereocenters. The normalized spacial score (nSPS) is 22.6. The van der Waals surface area contributed by atoms with E-state index < -0.39 is 9.84 Å². The third kappa shape index (κ3) is 4.64. The molecule has 6 heteroatoms. The van der Waals surface area contributed by atoms with Gasteiger partial charge in [0.1, 0.15) is 0 Å². The first-order chi connectivity index (χ1) is 7.53. The van der Waals surface area contributed by atoms with Crippen LogP contribution in [0.5, 0.6) is 0 Å². The average Bonchev–Trinajstić information content (AvgIpc) is 2.56. The van der Waals surface area contributed by atoms with E-state index in [4.69, 9.17) is 6.42 Å². The van der Waals surface area contributed by atoms with E-state index in [9.17, 15) is 13.2 Å². The van der Waals surface area contributed by atoms with Crippen LogP contribution in [-0.4, -0.2) is 45.5 Å². The third-order valence-corrected chi connectivity index (χ3v) is 4.26. The van der Waals surface area contributed by atoms with E-state index in [1.807, 2.05) is 0 Å². The van der Waals surface area contributed by atoms with Gasteiger partial charge in [-0.15, -0.1) is 6.42 Å². The van der Waals surface area contributed by atoms with Crippen molar-refractivity contribution in [3.8, 4) is 12.3 Å². The fourth-order valence-electron chi connectivity index (χ4n) is 1.60. The van der Waals surface area contributed by atoms with Crippen molar-refractivity contribution in [2.75, 3.05) is 31.1 Å². The third-order valence-electron chi connectivity index (χ3n) is 2.43. The van der Waals surface area contributed by atoms with Crippen LogP contribution in [0.1, 0.15) is 6.42 Å². The lowest BCUT2D eigenvalue weighted by atomic mass is 10.1. The quantitative estimate of drug-likeness (QED) is 0.468. The second kappa shape index (κ2) is 5.87. The van der Waals surface area contributed by atoms with Gasteiger partial charge >= 0.3 is 0 Å². The van der Waals surface area contributed by atoms with Crippen molar-refractivity contribution in [1.82, 2.24) is 10.6 Å². The molecule has 1 heterocycles. The molecular formula is C10H16N2O3S. The van der Waals surface area contributed by atoms with Gasteiger partial charge in [-0.25, -0.2) is 8.42 Å². The number of rotatable bonds is 5. The zero-order chi connectivity index (χ0) is 12.0. The molecule has 0 bridgehead atoms. The highest BCUT2D eigenvalue weighted by atomic mass is 32.2. The summed E-state index contributed by atoms with van der Waals surface area (Å²) in [5.41, 5.74) is 0. The minimum Gasteiger partial charge on any atom is -0.355 e. The molecule has 0 spiro atoms. The van der Waals surface area contributed by atoms with E-state index in [0.29, 0.717) is 19.5 Å². The zero-order valence-electron chi connectivity index (χ0n) is 9.03. The Bertz CT molecular complexity index is 383. The van der Waals surface area contributed by atoms with Crippen LogP contribution in [0.2, 0.25) is 0 Å². The molecule has 1 aliphatic heterocycles. The Labute approximate surface area is 95.9 Å². The highest BCUT2D eigenvalue weighted by Crippen LogP contribution is 2.17. The van der Waals surface area contributed by atoms with Gasteiger partial charge in [0.05, 0.1) is 24.6 Å². The predicted molar refractivity (Wildman–Crippen MR) is 61.5 cm³/mol. The van der Waals surface area contributed by atoms with Crippen molar-refractivity contribution in [1.29, 1.82) is 0 Å². The molecule has 2 N–H and O–H groups in total. The zero-order valence-corrected chi connectivity index (χ0v) is 9.85. The molecule has 16 heavy (non-hydrogen) atoms. The predicted octanol–water partition coefficient (Wildman–Crippen LogP) is -1.24. The number of carbonyl (C=O) groups is 1. The summed E-state index contributed by atoms with van der Waals surface area (Å²) in [6.07, 6.45) is 5.65. The fraction of sp³-hybridized carbons (Fsp3) is 0.700. The minimum atomic E-state index is -2.86. The van der Waals surface area contributed by atoms with Crippen LogP contribution in [0.25, 0.3) is 0 Å². The number of hydrogen-bond donors (Lipinski definition) is 2. The minimum absolute atomic E-state index is 0.0570. The van der Waals surface area contributed by atoms with E-state index in [0.717, 1.165) is 0 Å². The van der Waals surface area contributed by atoms with Crippen molar-refractivity contribution in [2.45, 2.75) is 6.42 Å². The first-order valence-corrected chi connectivity index (χ1v) is 6.97. The smallest absolute Gasteiger partial charge is 0.233 e. The summed E-state index contributed by atoms with van der Waals surface area (Å²) < 4.78 is 22.3. The summed E-state index contributed by atoms with van der Waals surface area (Å²) in [4.78, 5) is 11.2. The highest BCUT2D eigenvalue weighted by Gasteiger charge is 2.27. The van der Waals surface area contributed by atoms with E-state index in [1.54, 1.807) is 0 Å². The second-order valence-electron chi connectivity index (χ2n) is 3.88. The van der Waals surface area contributed by atoms with Crippen LogP contribution < -0.4 is 10.6 Å². The number of nitrogens with one attached hydrogen (secondary N) is 2. The van der Waals surface area contributed by atoms with Gasteiger partial charge in [0, 0.05) is 6.54 Å². The standard InChI is InChI=1S/C10H16N2O3S/c1-2-4-11-7-10(13)12-6-9-3-5-16(14,15)8-9/h1,9,11H,3-8H2,(H,12,13). The Hall–Kier alpha value is -1.06. The SMILES string of the molecule is C#CCNCC(=O)NCC1CCS(=O)(=O)C1. The van der Waals surface area contributed by atoms with E-state index in [1.165, 1.54) is 0 Å². The largest absolute Gasteiger partial charge is 0.355 e. The van der Waals surface area contributed by atoms with E-state index in [2.05, 4.69) is 16.6 Å². The van der Waals surface area contributed by atoms with E-state index in [-0.39, 0.29) is 29.9 Å². The summed E-state index contributed by atoms with van der Waals surface area (Å²) in [7, 11) is -2.86. The Morgan fingerprint density at radius 3 is 2.81 bits per heavy atom. The average molecular weight is 244 g/mol. The molecular weight excluding hydrogens is 228 g/mol. The first kappa shape index (κ1) is 13.0. The Balaban J connectivity index is 2.16. The van der Waals surface area contributed by atoms with Crippen LogP contribution in [0.4, 0.5) is 0 Å². The lowest BCUT2D eigenvalue weighted by Crippen LogP contribution is -2.37. The molecule has 0 aromatic rings. The lowest BCUT2D eigenvalue weighted by molar-refractivity contribution is -0.120. The summed E-state index contributed by atoms with van der Waals surface area (Å²) in [6.45, 7) is 0.949. The maximum Gasteiger partial charge on any atom is 0.233 e. The number of sulfone groups is 1. The summed E-state index contributed by atoms with van der Waals surface area (Å²) in [6, 6.07) is 0. The van der Waals surface area contributed by atoms with Crippen LogP contribution in [0, 0.1) is 18.3 Å². The Kier molecular flexibility index (Phi) is 4.77. The molecule has 5 nitrogen and oxygen atoms in total. The molecule has 1 saturated heterocycles. The van der Waals surface area contributed by atoms with Gasteiger partial charge in [-0.2, -0.15) is 0 Å². The summed E-state index contributed by atoms with van der Waals surface area (Å²) in [5.74, 6) is 2.69. The molecule has 0 aromatic carbocycles. The van der Waals surface area contributed by atoms with Crippen LogP contribution in [0.3, 0.4) is 0 Å². The van der Waals surface area contributed by atoms with Gasteiger partial charge in [0.25, 0.3) is 0 Å². The van der Waals surface area contributed by atoms with Crippen molar-refractivity contribution in [3.63, 3.8) is 0 Å². The number of terminal acetylenes is 1. The molecule has 90 valence electrons. The van der Waals surface area contributed by atoms with Crippen molar-refractivity contribution in [2.24, 2.45) is 5.92 Å². The van der Waals surface area contributed by atoms with Gasteiger partial charge in [-0.1, -0.05) is 5.92 Å². The summed E-state index contributed by atoms with van der Waals surface area (Å²) in [5, 5.41) is 5.45. The molecule has 1 rings (SSSR count). The number of carbonyl (C=O) groups excluding carboxylic acids is 1. The Morgan fingerprint density at radius 1 is 1.50 bits per heavy atom. The molecule has 1 fully saturated rings. The lowest BCUT2D eigenvalue weighted by Gasteiger charge is -2.09. The first-order valence-electron chi connectivity index (χ1n) is 5.15. The molecule has 0 aromatic heterocycles. The molecule has 1 aliphatic rings. The van der Waals surface area contributed by atoms with Gasteiger partial charge in [0.15, 0.2) is 9.84 Å².